The largest absolute Gasteiger partial charge is 0.462 e. The van der Waals surface area contributed by atoms with Gasteiger partial charge in [-0.05, 0) is 44.2 Å². The van der Waals surface area contributed by atoms with Crippen LogP contribution in [0.1, 0.15) is 44.1 Å². The topological polar surface area (TPSA) is 35.5 Å². The van der Waals surface area contributed by atoms with Gasteiger partial charge in [-0.15, -0.1) is 0 Å². The fraction of sp³-hybridized carbons (Fsp3) is 0.400. The van der Waals surface area contributed by atoms with Crippen LogP contribution in [0, 0.1) is 18.8 Å². The summed E-state index contributed by atoms with van der Waals surface area (Å²) < 4.78 is 11.8. The lowest BCUT2D eigenvalue weighted by atomic mass is 9.84. The molecule has 0 unspecified atom stereocenters. The van der Waals surface area contributed by atoms with Crippen LogP contribution in [0.15, 0.2) is 66.2 Å². The Morgan fingerprint density at radius 2 is 1.82 bits per heavy atom. The van der Waals surface area contributed by atoms with Crippen LogP contribution in [-0.2, 0) is 20.7 Å². The van der Waals surface area contributed by atoms with Gasteiger partial charge in [0.1, 0.15) is 0 Å². The summed E-state index contributed by atoms with van der Waals surface area (Å²) in [5.41, 5.74) is 4.34. The zero-order valence-corrected chi connectivity index (χ0v) is 16.4. The molecule has 0 aliphatic carbocycles. The van der Waals surface area contributed by atoms with Crippen LogP contribution < -0.4 is 0 Å². The van der Waals surface area contributed by atoms with Gasteiger partial charge in [0, 0.05) is 11.5 Å². The molecule has 1 fully saturated rings. The van der Waals surface area contributed by atoms with Gasteiger partial charge in [0.15, 0.2) is 0 Å². The van der Waals surface area contributed by atoms with Crippen molar-refractivity contribution < 1.29 is 14.3 Å². The minimum absolute atomic E-state index is 0. The first kappa shape index (κ1) is 21.9. The molecule has 3 nitrogen and oxygen atoms in total. The summed E-state index contributed by atoms with van der Waals surface area (Å²) in [7, 11) is 0. The van der Waals surface area contributed by atoms with Crippen molar-refractivity contribution >= 4 is 5.97 Å². The fourth-order valence-electron chi connectivity index (χ4n) is 3.57. The monoisotopic (exact) mass is 380 g/mol. The SMILES string of the molecule is C.C/C=C(/C)C(=O)OC[C@H]1[C@@H](Cc2ccc(C)cc2)CO[C@@H]1c1ccccc1. The summed E-state index contributed by atoms with van der Waals surface area (Å²) in [5.74, 6) is 0.212. The molecule has 2 aromatic rings. The third-order valence-electron chi connectivity index (χ3n) is 5.39. The number of hydrogen-bond donors (Lipinski definition) is 0. The third-order valence-corrected chi connectivity index (χ3v) is 5.39. The van der Waals surface area contributed by atoms with Crippen LogP contribution in [0.4, 0.5) is 0 Å². The van der Waals surface area contributed by atoms with Crippen molar-refractivity contribution in [1.29, 1.82) is 0 Å². The molecule has 1 aliphatic heterocycles. The third kappa shape index (κ3) is 5.32. The minimum Gasteiger partial charge on any atom is -0.462 e. The molecule has 2 aromatic carbocycles. The second-order valence-corrected chi connectivity index (χ2v) is 7.35. The Hall–Kier alpha value is -2.39. The molecule has 0 amide bonds. The number of allylic oxidation sites excluding steroid dienone is 1. The standard InChI is InChI=1S/C24H28O3.CH4/c1-4-18(3)24(25)27-16-22-21(14-19-12-10-17(2)11-13-19)15-26-23(22)20-8-6-5-7-9-20;/h4-13,21-23H,14-16H2,1-3H3;1H4/b18-4-;/t21-,22-,23+;/m0./s1. The summed E-state index contributed by atoms with van der Waals surface area (Å²) in [6.45, 7) is 6.78. The molecule has 1 heterocycles. The van der Waals surface area contributed by atoms with E-state index in [4.69, 9.17) is 9.47 Å². The molecule has 3 atom stereocenters. The van der Waals surface area contributed by atoms with E-state index in [1.165, 1.54) is 11.1 Å². The Labute approximate surface area is 169 Å². The van der Waals surface area contributed by atoms with Gasteiger partial charge in [0.2, 0.25) is 0 Å². The second-order valence-electron chi connectivity index (χ2n) is 7.35. The summed E-state index contributed by atoms with van der Waals surface area (Å²) in [5, 5.41) is 0. The predicted octanol–water partition coefficient (Wildman–Crippen LogP) is 5.69. The van der Waals surface area contributed by atoms with E-state index in [1.54, 1.807) is 13.0 Å². The van der Waals surface area contributed by atoms with E-state index in [1.807, 2.05) is 25.1 Å². The number of aryl methyl sites for hydroxylation is 1. The van der Waals surface area contributed by atoms with E-state index in [9.17, 15) is 4.79 Å². The highest BCUT2D eigenvalue weighted by Crippen LogP contribution is 2.40. The normalized spacial score (nSPS) is 21.8. The van der Waals surface area contributed by atoms with Crippen molar-refractivity contribution in [2.75, 3.05) is 13.2 Å². The van der Waals surface area contributed by atoms with E-state index in [0.29, 0.717) is 24.7 Å². The van der Waals surface area contributed by atoms with Gasteiger partial charge in [0.25, 0.3) is 0 Å². The Balaban J connectivity index is 0.00000280. The Morgan fingerprint density at radius 3 is 2.46 bits per heavy atom. The lowest BCUT2D eigenvalue weighted by Gasteiger charge is -2.23. The van der Waals surface area contributed by atoms with Gasteiger partial charge < -0.3 is 9.47 Å². The van der Waals surface area contributed by atoms with Crippen molar-refractivity contribution in [2.45, 2.75) is 40.7 Å². The predicted molar refractivity (Wildman–Crippen MR) is 114 cm³/mol. The number of carbonyl (C=O) groups excluding carboxylic acids is 1. The number of ether oxygens (including phenoxy) is 2. The van der Waals surface area contributed by atoms with Gasteiger partial charge in [-0.3, -0.25) is 0 Å². The molecule has 0 aromatic heterocycles. The highest BCUT2D eigenvalue weighted by Gasteiger charge is 2.39. The van der Waals surface area contributed by atoms with E-state index in [0.717, 1.165) is 12.0 Å². The Morgan fingerprint density at radius 1 is 1.14 bits per heavy atom. The van der Waals surface area contributed by atoms with Gasteiger partial charge >= 0.3 is 5.97 Å². The summed E-state index contributed by atoms with van der Waals surface area (Å²) in [4.78, 5) is 12.1. The maximum Gasteiger partial charge on any atom is 0.333 e. The summed E-state index contributed by atoms with van der Waals surface area (Å²) in [6, 6.07) is 18.9. The quantitative estimate of drug-likeness (QED) is 0.477. The number of rotatable bonds is 6. The molecule has 1 saturated heterocycles. The average molecular weight is 381 g/mol. The van der Waals surface area contributed by atoms with Crippen molar-refractivity contribution in [3.8, 4) is 0 Å². The van der Waals surface area contributed by atoms with Gasteiger partial charge in [-0.2, -0.15) is 0 Å². The minimum atomic E-state index is -0.245. The summed E-state index contributed by atoms with van der Waals surface area (Å²) >= 11 is 0. The zero-order valence-electron chi connectivity index (χ0n) is 16.4. The number of hydrogen-bond acceptors (Lipinski definition) is 3. The lowest BCUT2D eigenvalue weighted by molar-refractivity contribution is -0.141. The Kier molecular flexibility index (Phi) is 8.01. The van der Waals surface area contributed by atoms with Crippen LogP contribution in [0.3, 0.4) is 0 Å². The number of esters is 1. The van der Waals surface area contributed by atoms with E-state index in [2.05, 4.69) is 43.3 Å². The molecule has 0 bridgehead atoms. The molecule has 0 N–H and O–H groups in total. The highest BCUT2D eigenvalue weighted by molar-refractivity contribution is 5.87. The smallest absolute Gasteiger partial charge is 0.333 e. The molecule has 3 heteroatoms. The van der Waals surface area contributed by atoms with Crippen molar-refractivity contribution in [2.24, 2.45) is 11.8 Å². The fourth-order valence-corrected chi connectivity index (χ4v) is 3.57. The van der Waals surface area contributed by atoms with E-state index in [-0.39, 0.29) is 25.4 Å². The number of carbonyl (C=O) groups is 1. The first-order chi connectivity index (χ1) is 13.1. The molecule has 28 heavy (non-hydrogen) atoms. The molecule has 1 aliphatic rings. The van der Waals surface area contributed by atoms with Gasteiger partial charge in [-0.1, -0.05) is 73.7 Å². The zero-order chi connectivity index (χ0) is 19.2. The first-order valence-corrected chi connectivity index (χ1v) is 9.60. The second kappa shape index (κ2) is 10.2. The van der Waals surface area contributed by atoms with E-state index >= 15 is 0 Å². The average Bonchev–Trinajstić information content (AvgIpc) is 3.10. The van der Waals surface area contributed by atoms with Crippen LogP contribution in [0.2, 0.25) is 0 Å². The molecular formula is C25H32O3. The van der Waals surface area contributed by atoms with Gasteiger partial charge in [-0.25, -0.2) is 4.79 Å². The lowest BCUT2D eigenvalue weighted by Crippen LogP contribution is -2.24. The molecule has 150 valence electrons. The maximum absolute atomic E-state index is 12.1. The molecular weight excluding hydrogens is 348 g/mol. The van der Waals surface area contributed by atoms with Crippen LogP contribution in [0.25, 0.3) is 0 Å². The van der Waals surface area contributed by atoms with Crippen molar-refractivity contribution in [1.82, 2.24) is 0 Å². The van der Waals surface area contributed by atoms with Crippen LogP contribution >= 0.6 is 0 Å². The van der Waals surface area contributed by atoms with Gasteiger partial charge in [0.05, 0.1) is 19.3 Å². The summed E-state index contributed by atoms with van der Waals surface area (Å²) in [6.07, 6.45) is 2.67. The molecule has 0 spiro atoms. The first-order valence-electron chi connectivity index (χ1n) is 9.60. The van der Waals surface area contributed by atoms with Crippen LogP contribution in [0.5, 0.6) is 0 Å². The highest BCUT2D eigenvalue weighted by atomic mass is 16.5. The van der Waals surface area contributed by atoms with Crippen LogP contribution in [-0.4, -0.2) is 19.2 Å². The molecule has 3 rings (SSSR count). The van der Waals surface area contributed by atoms with E-state index < -0.39 is 0 Å². The molecule has 0 radical (unpaired) electrons. The van der Waals surface area contributed by atoms with Crippen molar-refractivity contribution in [3.63, 3.8) is 0 Å². The number of benzene rings is 2. The Bertz CT molecular complexity index is 777. The van der Waals surface area contributed by atoms with Crippen molar-refractivity contribution in [3.05, 3.63) is 82.9 Å². The molecule has 0 saturated carbocycles. The maximum atomic E-state index is 12.1.